The fourth-order valence-electron chi connectivity index (χ4n) is 3.82. The average molecular weight is 433 g/mol. The Labute approximate surface area is 183 Å². The predicted octanol–water partition coefficient (Wildman–Crippen LogP) is 4.93. The Morgan fingerprint density at radius 1 is 1.06 bits per heavy atom. The van der Waals surface area contributed by atoms with E-state index in [4.69, 9.17) is 9.47 Å². The van der Waals surface area contributed by atoms with Crippen LogP contribution in [-0.2, 0) is 0 Å². The van der Waals surface area contributed by atoms with Gasteiger partial charge in [0.25, 0.3) is 5.91 Å². The van der Waals surface area contributed by atoms with E-state index in [-0.39, 0.29) is 5.91 Å². The summed E-state index contributed by atoms with van der Waals surface area (Å²) in [6.07, 6.45) is 1.28. The Kier molecular flexibility index (Phi) is 4.83. The van der Waals surface area contributed by atoms with E-state index in [1.54, 1.807) is 42.7 Å². The maximum Gasteiger partial charge on any atom is 0.262 e. The van der Waals surface area contributed by atoms with Gasteiger partial charge in [-0.25, -0.2) is 0 Å². The molecule has 1 aliphatic heterocycles. The third-order valence-electron chi connectivity index (χ3n) is 5.30. The number of aromatic amines is 1. The lowest BCUT2D eigenvalue weighted by atomic mass is 10.0. The van der Waals surface area contributed by atoms with Crippen molar-refractivity contribution in [3.63, 3.8) is 0 Å². The van der Waals surface area contributed by atoms with Crippen LogP contribution in [0.3, 0.4) is 0 Å². The zero-order valence-corrected chi connectivity index (χ0v) is 17.8. The van der Waals surface area contributed by atoms with Crippen molar-refractivity contribution in [1.29, 1.82) is 0 Å². The number of rotatable bonds is 5. The van der Waals surface area contributed by atoms with Gasteiger partial charge in [0.15, 0.2) is 0 Å². The number of hydrogen-bond donors (Lipinski definition) is 2. The molecule has 0 saturated heterocycles. The quantitative estimate of drug-likeness (QED) is 0.468. The van der Waals surface area contributed by atoms with Crippen LogP contribution in [0.5, 0.6) is 11.5 Å². The molecule has 156 valence electrons. The first-order chi connectivity index (χ1) is 15.2. The molecule has 8 heteroatoms. The number of fused-ring (bicyclic) bond motifs is 1. The predicted molar refractivity (Wildman–Crippen MR) is 121 cm³/mol. The molecule has 2 aromatic heterocycles. The number of hydrogen-bond acceptors (Lipinski definition) is 6. The van der Waals surface area contributed by atoms with Gasteiger partial charge in [0, 0.05) is 17.3 Å². The second-order valence-electron chi connectivity index (χ2n) is 6.98. The van der Waals surface area contributed by atoms with E-state index < -0.39 is 6.17 Å². The molecule has 0 spiro atoms. The first kappa shape index (κ1) is 19.2. The van der Waals surface area contributed by atoms with Crippen LogP contribution in [0, 0.1) is 0 Å². The number of thiophene rings is 1. The first-order valence-corrected chi connectivity index (χ1v) is 10.6. The van der Waals surface area contributed by atoms with Crippen LogP contribution in [0.15, 0.2) is 66.2 Å². The fraction of sp³-hybridized carbons (Fsp3) is 0.130. The number of H-pyrrole nitrogens is 1. The molecule has 2 aromatic carbocycles. The fourth-order valence-corrected chi connectivity index (χ4v) is 4.57. The van der Waals surface area contributed by atoms with Crippen LogP contribution in [-0.4, -0.2) is 30.3 Å². The molecular weight excluding hydrogens is 412 g/mol. The van der Waals surface area contributed by atoms with Gasteiger partial charge in [-0.15, -0.1) is 11.3 Å². The maximum atomic E-state index is 13.7. The van der Waals surface area contributed by atoms with Crippen molar-refractivity contribution in [1.82, 2.24) is 10.2 Å². The van der Waals surface area contributed by atoms with Crippen molar-refractivity contribution in [3.8, 4) is 22.1 Å². The Bertz CT molecular complexity index is 1240. The molecule has 3 heterocycles. The van der Waals surface area contributed by atoms with Gasteiger partial charge in [0.2, 0.25) is 0 Å². The Hall–Kier alpha value is -3.78. The van der Waals surface area contributed by atoms with Crippen molar-refractivity contribution in [2.24, 2.45) is 0 Å². The summed E-state index contributed by atoms with van der Waals surface area (Å²) in [5, 5.41) is 12.9. The number of aromatic nitrogens is 2. The van der Waals surface area contributed by atoms with Crippen molar-refractivity contribution in [2.45, 2.75) is 6.17 Å². The zero-order valence-electron chi connectivity index (χ0n) is 17.0. The summed E-state index contributed by atoms with van der Waals surface area (Å²) < 4.78 is 11.0. The Morgan fingerprint density at radius 3 is 2.71 bits per heavy atom. The molecular formula is C23H20N4O3S. The van der Waals surface area contributed by atoms with Crippen LogP contribution < -0.4 is 19.7 Å². The van der Waals surface area contributed by atoms with Crippen molar-refractivity contribution in [2.75, 3.05) is 24.4 Å². The normalized spacial score (nSPS) is 15.4. The number of nitrogens with zero attached hydrogens (tertiary/aromatic N) is 2. The van der Waals surface area contributed by atoms with Gasteiger partial charge in [-0.2, -0.15) is 5.10 Å². The number of para-hydroxylation sites is 1. The molecule has 4 aromatic rings. The molecule has 0 fully saturated rings. The van der Waals surface area contributed by atoms with Crippen molar-refractivity contribution < 1.29 is 14.3 Å². The van der Waals surface area contributed by atoms with E-state index >= 15 is 0 Å². The van der Waals surface area contributed by atoms with Crippen LogP contribution in [0.1, 0.15) is 22.1 Å². The summed E-state index contributed by atoms with van der Waals surface area (Å²) in [6.45, 7) is 0. The molecule has 0 radical (unpaired) electrons. The highest BCUT2D eigenvalue weighted by Gasteiger charge is 2.37. The van der Waals surface area contributed by atoms with Gasteiger partial charge in [-0.3, -0.25) is 14.8 Å². The molecule has 0 aliphatic carbocycles. The third-order valence-corrected chi connectivity index (χ3v) is 6.19. The van der Waals surface area contributed by atoms with E-state index in [2.05, 4.69) is 15.5 Å². The van der Waals surface area contributed by atoms with Crippen LogP contribution in [0.2, 0.25) is 0 Å². The molecule has 2 N–H and O–H groups in total. The summed E-state index contributed by atoms with van der Waals surface area (Å²) in [5.41, 5.74) is 3.75. The van der Waals surface area contributed by atoms with Gasteiger partial charge in [0.05, 0.1) is 42.2 Å². The summed E-state index contributed by atoms with van der Waals surface area (Å²) in [4.78, 5) is 16.5. The lowest BCUT2D eigenvalue weighted by molar-refractivity contribution is 0.0974. The van der Waals surface area contributed by atoms with Gasteiger partial charge in [-0.05, 0) is 35.7 Å². The number of carbonyl (C=O) groups is 1. The van der Waals surface area contributed by atoms with E-state index in [1.807, 2.05) is 53.9 Å². The summed E-state index contributed by atoms with van der Waals surface area (Å²) in [5.74, 6) is 1.07. The zero-order chi connectivity index (χ0) is 21.4. The average Bonchev–Trinajstić information content (AvgIpc) is 3.50. The van der Waals surface area contributed by atoms with Gasteiger partial charge in [0.1, 0.15) is 17.7 Å². The van der Waals surface area contributed by atoms with Crippen molar-refractivity contribution >= 4 is 28.6 Å². The second-order valence-corrected chi connectivity index (χ2v) is 7.93. The van der Waals surface area contributed by atoms with E-state index in [9.17, 15) is 4.79 Å². The molecule has 0 bridgehead atoms. The molecule has 1 aliphatic rings. The molecule has 1 atom stereocenters. The highest BCUT2D eigenvalue weighted by Crippen LogP contribution is 2.43. The number of methoxy groups -OCH3 is 2. The number of benzene rings is 2. The molecule has 31 heavy (non-hydrogen) atoms. The minimum Gasteiger partial charge on any atom is -0.497 e. The summed E-state index contributed by atoms with van der Waals surface area (Å²) in [6, 6.07) is 16.9. The Balaban J connectivity index is 1.69. The van der Waals surface area contributed by atoms with Gasteiger partial charge >= 0.3 is 0 Å². The molecule has 7 nitrogen and oxygen atoms in total. The largest absolute Gasteiger partial charge is 0.497 e. The van der Waals surface area contributed by atoms with Crippen molar-refractivity contribution in [3.05, 3.63) is 77.3 Å². The highest BCUT2D eigenvalue weighted by molar-refractivity contribution is 7.13. The first-order valence-electron chi connectivity index (χ1n) is 9.69. The standard InChI is InChI=1S/C23H20N4O3S/c1-29-14-9-10-18(19(12-14)30-2)27-22(25-17-7-4-3-6-15(17)23(27)28)16-13-24-26-21(16)20-8-5-11-31-20/h3-13,22,25H,1-2H3,(H,24,26). The van der Waals surface area contributed by atoms with E-state index in [0.717, 1.165) is 21.8 Å². The number of nitrogens with one attached hydrogen (secondary N) is 2. The van der Waals surface area contributed by atoms with E-state index in [1.165, 1.54) is 0 Å². The minimum atomic E-state index is -0.486. The topological polar surface area (TPSA) is 79.5 Å². The number of amides is 1. The molecule has 1 unspecified atom stereocenters. The molecule has 5 rings (SSSR count). The van der Waals surface area contributed by atoms with Crippen LogP contribution in [0.4, 0.5) is 11.4 Å². The van der Waals surface area contributed by atoms with Crippen LogP contribution >= 0.6 is 11.3 Å². The summed E-state index contributed by atoms with van der Waals surface area (Å²) in [7, 11) is 3.18. The lowest BCUT2D eigenvalue weighted by Gasteiger charge is -2.38. The van der Waals surface area contributed by atoms with Gasteiger partial charge < -0.3 is 14.8 Å². The second kappa shape index (κ2) is 7.81. The SMILES string of the molecule is COc1ccc(N2C(=O)c3ccccc3NC2c2cn[nH]c2-c2cccs2)c(OC)c1. The molecule has 0 saturated carbocycles. The highest BCUT2D eigenvalue weighted by atomic mass is 32.1. The maximum absolute atomic E-state index is 13.7. The minimum absolute atomic E-state index is 0.124. The molecule has 1 amide bonds. The number of carbonyl (C=O) groups excluding carboxylic acids is 1. The monoisotopic (exact) mass is 432 g/mol. The Morgan fingerprint density at radius 2 is 1.94 bits per heavy atom. The van der Waals surface area contributed by atoms with E-state index in [0.29, 0.717) is 22.7 Å². The van der Waals surface area contributed by atoms with Crippen LogP contribution in [0.25, 0.3) is 10.6 Å². The smallest absolute Gasteiger partial charge is 0.262 e. The third kappa shape index (κ3) is 3.21. The lowest BCUT2D eigenvalue weighted by Crippen LogP contribution is -2.43. The van der Waals surface area contributed by atoms with Gasteiger partial charge in [-0.1, -0.05) is 18.2 Å². The summed E-state index contributed by atoms with van der Waals surface area (Å²) >= 11 is 1.61. The number of ether oxygens (including phenoxy) is 2. The number of anilines is 2.